The van der Waals surface area contributed by atoms with E-state index in [9.17, 15) is 0 Å². The van der Waals surface area contributed by atoms with Crippen molar-refractivity contribution >= 4 is 70.7 Å². The van der Waals surface area contributed by atoms with Gasteiger partial charge in [-0.3, -0.25) is 9.97 Å². The Labute approximate surface area is 327 Å². The summed E-state index contributed by atoms with van der Waals surface area (Å²) in [6.07, 6.45) is 7.94. The van der Waals surface area contributed by atoms with E-state index in [0.29, 0.717) is 0 Å². The van der Waals surface area contributed by atoms with Crippen LogP contribution < -0.4 is 0 Å². The normalized spacial score (nSPS) is 11.9. The van der Waals surface area contributed by atoms with Gasteiger partial charge < -0.3 is 4.40 Å². The van der Waals surface area contributed by atoms with E-state index < -0.39 is 0 Å². The maximum absolute atomic E-state index is 5.23. The van der Waals surface area contributed by atoms with E-state index in [4.69, 9.17) is 15.0 Å². The number of pyridine rings is 4. The molecule has 0 aliphatic heterocycles. The van der Waals surface area contributed by atoms with Gasteiger partial charge in [-0.05, 0) is 80.2 Å². The zero-order valence-corrected chi connectivity index (χ0v) is 30.6. The second-order valence-electron chi connectivity index (χ2n) is 14.7. The van der Waals surface area contributed by atoms with Gasteiger partial charge in [-0.25, -0.2) is 9.97 Å². The van der Waals surface area contributed by atoms with Gasteiger partial charge in [0, 0.05) is 62.8 Å². The molecule has 0 amide bonds. The number of imidazole rings is 1. The van der Waals surface area contributed by atoms with E-state index in [1.54, 1.807) is 0 Å². The van der Waals surface area contributed by atoms with Crippen LogP contribution in [0.15, 0.2) is 189 Å². The van der Waals surface area contributed by atoms with E-state index >= 15 is 0 Å². The Hall–Kier alpha value is -7.76. The summed E-state index contributed by atoms with van der Waals surface area (Å²) in [5, 5.41) is 10.4. The van der Waals surface area contributed by atoms with Crippen LogP contribution >= 0.6 is 0 Å². The Kier molecular flexibility index (Phi) is 6.86. The Bertz CT molecular complexity index is 3570. The molecule has 264 valence electrons. The molecule has 0 radical (unpaired) electrons. The summed E-state index contributed by atoms with van der Waals surface area (Å²) in [5.41, 5.74) is 12.5. The number of nitrogens with zero attached hydrogens (tertiary/aromatic N) is 5. The second kappa shape index (κ2) is 12.4. The first-order valence-corrected chi connectivity index (χ1v) is 19.2. The van der Waals surface area contributed by atoms with Gasteiger partial charge in [0.05, 0.1) is 27.9 Å². The van der Waals surface area contributed by atoms with Crippen molar-refractivity contribution in [1.82, 2.24) is 24.3 Å². The topological polar surface area (TPSA) is 56.0 Å². The number of para-hydroxylation sites is 1. The van der Waals surface area contributed by atoms with Crippen molar-refractivity contribution in [2.24, 2.45) is 0 Å². The zero-order valence-electron chi connectivity index (χ0n) is 30.6. The second-order valence-corrected chi connectivity index (χ2v) is 14.7. The highest BCUT2D eigenvalue weighted by molar-refractivity contribution is 6.17. The highest BCUT2D eigenvalue weighted by Crippen LogP contribution is 2.38. The Morgan fingerprint density at radius 3 is 1.96 bits per heavy atom. The molecule has 5 heteroatoms. The summed E-state index contributed by atoms with van der Waals surface area (Å²) in [6.45, 7) is 0. The van der Waals surface area contributed by atoms with Crippen molar-refractivity contribution in [2.45, 2.75) is 0 Å². The molecule has 57 heavy (non-hydrogen) atoms. The molecule has 0 aliphatic carbocycles. The Balaban J connectivity index is 0.910. The molecular formula is C52H31N5. The van der Waals surface area contributed by atoms with Crippen molar-refractivity contribution in [3.63, 3.8) is 0 Å². The van der Waals surface area contributed by atoms with Gasteiger partial charge >= 0.3 is 0 Å². The minimum atomic E-state index is 0.930. The summed E-state index contributed by atoms with van der Waals surface area (Å²) in [5.74, 6) is 0. The zero-order chi connectivity index (χ0) is 37.5. The molecule has 0 N–H and O–H groups in total. The number of hydrogen-bond donors (Lipinski definition) is 0. The predicted octanol–water partition coefficient (Wildman–Crippen LogP) is 13.1. The van der Waals surface area contributed by atoms with Crippen LogP contribution in [0.5, 0.6) is 0 Å². The quantitative estimate of drug-likeness (QED) is 0.170. The summed E-state index contributed by atoms with van der Waals surface area (Å²) in [6, 6.07) is 58.3. The van der Waals surface area contributed by atoms with Crippen LogP contribution in [0.25, 0.3) is 115 Å². The molecule has 0 aliphatic rings. The van der Waals surface area contributed by atoms with Gasteiger partial charge in [0.1, 0.15) is 5.65 Å². The molecule has 0 bridgehead atoms. The molecule has 5 nitrogen and oxygen atoms in total. The van der Waals surface area contributed by atoms with Gasteiger partial charge in [-0.1, -0.05) is 127 Å². The number of rotatable bonds is 4. The Morgan fingerprint density at radius 1 is 0.404 bits per heavy atom. The molecular weight excluding hydrogens is 695 g/mol. The van der Waals surface area contributed by atoms with Crippen molar-refractivity contribution in [2.75, 3.05) is 0 Å². The van der Waals surface area contributed by atoms with Crippen LogP contribution in [0, 0.1) is 0 Å². The number of hydrogen-bond acceptors (Lipinski definition) is 4. The van der Waals surface area contributed by atoms with Gasteiger partial charge in [0.25, 0.3) is 0 Å². The molecule has 0 saturated heterocycles. The molecule has 0 spiro atoms. The smallest absolute Gasteiger partial charge is 0.146 e. The van der Waals surface area contributed by atoms with Crippen LogP contribution in [0.2, 0.25) is 0 Å². The third kappa shape index (κ3) is 5.03. The van der Waals surface area contributed by atoms with Crippen molar-refractivity contribution in [1.29, 1.82) is 0 Å². The van der Waals surface area contributed by atoms with E-state index in [1.165, 1.54) is 32.7 Å². The van der Waals surface area contributed by atoms with E-state index in [1.807, 2.05) is 24.5 Å². The third-order valence-electron chi connectivity index (χ3n) is 11.5. The molecule has 0 fully saturated rings. The molecule has 5 aromatic heterocycles. The molecule has 12 aromatic rings. The third-order valence-corrected chi connectivity index (χ3v) is 11.5. The van der Waals surface area contributed by atoms with Gasteiger partial charge in [0.2, 0.25) is 0 Å². The number of fused-ring (bicyclic) bond motifs is 11. The lowest BCUT2D eigenvalue weighted by molar-refractivity contribution is 1.20. The fourth-order valence-corrected chi connectivity index (χ4v) is 8.69. The van der Waals surface area contributed by atoms with Crippen LogP contribution in [-0.4, -0.2) is 24.3 Å². The van der Waals surface area contributed by atoms with Crippen LogP contribution in [0.1, 0.15) is 0 Å². The fourth-order valence-electron chi connectivity index (χ4n) is 8.69. The first-order valence-electron chi connectivity index (χ1n) is 19.2. The van der Waals surface area contributed by atoms with Crippen LogP contribution in [-0.2, 0) is 0 Å². The summed E-state index contributed by atoms with van der Waals surface area (Å²) in [7, 11) is 0. The van der Waals surface area contributed by atoms with Gasteiger partial charge in [0.15, 0.2) is 0 Å². The lowest BCUT2D eigenvalue weighted by Crippen LogP contribution is -1.93. The van der Waals surface area contributed by atoms with Crippen molar-refractivity contribution in [3.05, 3.63) is 189 Å². The minimum absolute atomic E-state index is 0.930. The monoisotopic (exact) mass is 725 g/mol. The number of aromatic nitrogens is 5. The first kappa shape index (κ1) is 31.6. The highest BCUT2D eigenvalue weighted by atomic mass is 15.0. The molecule has 12 rings (SSSR count). The molecule has 0 atom stereocenters. The van der Waals surface area contributed by atoms with E-state index in [2.05, 4.69) is 173 Å². The molecule has 0 saturated carbocycles. The average Bonchev–Trinajstić information content (AvgIpc) is 3.73. The Morgan fingerprint density at radius 2 is 1.11 bits per heavy atom. The van der Waals surface area contributed by atoms with E-state index in [-0.39, 0.29) is 0 Å². The molecule has 5 heterocycles. The van der Waals surface area contributed by atoms with Gasteiger partial charge in [-0.15, -0.1) is 0 Å². The fraction of sp³-hybridized carbons (Fsp3) is 0. The summed E-state index contributed by atoms with van der Waals surface area (Å²) in [4.78, 5) is 19.8. The molecule has 7 aromatic carbocycles. The minimum Gasteiger partial charge on any atom is -0.306 e. The van der Waals surface area contributed by atoms with Gasteiger partial charge in [-0.2, -0.15) is 0 Å². The van der Waals surface area contributed by atoms with Crippen LogP contribution in [0.3, 0.4) is 0 Å². The summed E-state index contributed by atoms with van der Waals surface area (Å²) < 4.78 is 2.13. The van der Waals surface area contributed by atoms with E-state index in [0.717, 1.165) is 82.8 Å². The maximum Gasteiger partial charge on any atom is 0.146 e. The highest BCUT2D eigenvalue weighted by Gasteiger charge is 2.17. The van der Waals surface area contributed by atoms with Crippen molar-refractivity contribution in [3.8, 4) is 44.8 Å². The number of benzene rings is 7. The molecule has 0 unspecified atom stereocenters. The standard InChI is InChI=1S/C52H31N5/c1-2-7-33(8-3-1)47-31-57-28-25-45-48(52(57)56-47)44-10-4-5-11-46(44)55-49(45)35-14-12-32(13-15-35)36-19-21-40-37(29-36)16-17-38-30-39(20-22-41(38)40)42-24-27-54-51-43(42)23-18-34-9-6-26-53-50(34)51/h1-31H. The first-order chi connectivity index (χ1) is 28.2. The maximum atomic E-state index is 5.23. The lowest BCUT2D eigenvalue weighted by Gasteiger charge is -2.12. The van der Waals surface area contributed by atoms with Crippen LogP contribution in [0.4, 0.5) is 0 Å². The average molecular weight is 726 g/mol. The largest absolute Gasteiger partial charge is 0.306 e. The lowest BCUT2D eigenvalue weighted by atomic mass is 9.93. The van der Waals surface area contributed by atoms with Crippen molar-refractivity contribution < 1.29 is 0 Å². The SMILES string of the molecule is c1ccc(-c2cn3ccc4c(-c5ccc(-c6ccc7c(ccc8cc(-c9ccnc%10c9ccc9cccnc9%10)ccc87)c6)cc5)nc5ccccc5c4c3n2)cc1. The summed E-state index contributed by atoms with van der Waals surface area (Å²) >= 11 is 0. The predicted molar refractivity (Wildman–Crippen MR) is 235 cm³/mol.